The molecule has 2 unspecified atom stereocenters. The molecule has 0 heterocycles. The number of nitrogens with one attached hydrogen (secondary N) is 1. The van der Waals surface area contributed by atoms with Crippen molar-refractivity contribution in [2.45, 2.75) is 84.2 Å². The third-order valence-electron chi connectivity index (χ3n) is 4.37. The number of phosphoric ester groups is 1. The molecule has 0 aromatic heterocycles. The first-order valence-electron chi connectivity index (χ1n) is 11.5. The molecule has 0 radical (unpaired) electrons. The maximum atomic E-state index is 12.1. The van der Waals surface area contributed by atoms with Gasteiger partial charge in [-0.25, -0.2) is 4.57 Å². The molecule has 0 aliphatic carbocycles. The minimum atomic E-state index is -4.55. The number of ether oxygens (including phenoxy) is 2. The van der Waals surface area contributed by atoms with Gasteiger partial charge >= 0.3 is 25.7 Å². The Morgan fingerprint density at radius 3 is 2.06 bits per heavy atom. The standard InChI is InChI=1S/C21H38NO11P/c1-3-5-7-9-20(26)30-15-17(33-21(27)10-8-6-4-2)16-32-34(28,29)31-14-13-22-18(23)11-12-19(24)25/h17H,3-16H2,1-2H3,(H,22,23)(H,24,25)(H,28,29). The number of unbranched alkanes of at least 4 members (excludes halogenated alkanes) is 4. The van der Waals surface area contributed by atoms with E-state index in [2.05, 4.69) is 5.32 Å². The molecule has 1 amide bonds. The van der Waals surface area contributed by atoms with Crippen molar-refractivity contribution in [3.05, 3.63) is 0 Å². The Bertz CT molecular complexity index is 671. The highest BCUT2D eigenvalue weighted by molar-refractivity contribution is 7.47. The highest BCUT2D eigenvalue weighted by atomic mass is 31.2. The van der Waals surface area contributed by atoms with Gasteiger partial charge in [-0.05, 0) is 12.8 Å². The lowest BCUT2D eigenvalue weighted by Crippen LogP contribution is -2.30. The Kier molecular flexibility index (Phi) is 18.2. The van der Waals surface area contributed by atoms with E-state index in [0.29, 0.717) is 12.8 Å². The van der Waals surface area contributed by atoms with Crippen LogP contribution in [0.3, 0.4) is 0 Å². The molecule has 0 bridgehead atoms. The summed E-state index contributed by atoms with van der Waals surface area (Å²) >= 11 is 0. The Morgan fingerprint density at radius 2 is 1.47 bits per heavy atom. The summed E-state index contributed by atoms with van der Waals surface area (Å²) in [6, 6.07) is 0. The highest BCUT2D eigenvalue weighted by Crippen LogP contribution is 2.43. The van der Waals surface area contributed by atoms with E-state index in [9.17, 15) is 28.6 Å². The third kappa shape index (κ3) is 19.5. The molecule has 0 rings (SSSR count). The average molecular weight is 512 g/mol. The van der Waals surface area contributed by atoms with Crippen LogP contribution in [0, 0.1) is 0 Å². The van der Waals surface area contributed by atoms with Crippen molar-refractivity contribution in [2.24, 2.45) is 0 Å². The SMILES string of the molecule is CCCCCC(=O)OCC(COP(=O)(O)OCCNC(=O)CCC(=O)O)OC(=O)CCCCC. The fourth-order valence-corrected chi connectivity index (χ4v) is 3.28. The van der Waals surface area contributed by atoms with Gasteiger partial charge in [-0.15, -0.1) is 0 Å². The first-order chi connectivity index (χ1) is 16.1. The van der Waals surface area contributed by atoms with Gasteiger partial charge in [0.15, 0.2) is 6.10 Å². The van der Waals surface area contributed by atoms with Crippen LogP contribution in [0.15, 0.2) is 0 Å². The Hall–Kier alpha value is -2.01. The number of aliphatic carboxylic acids is 1. The summed E-state index contributed by atoms with van der Waals surface area (Å²) in [5.41, 5.74) is 0. The first-order valence-corrected chi connectivity index (χ1v) is 13.0. The fourth-order valence-electron chi connectivity index (χ4n) is 2.53. The number of amides is 1. The monoisotopic (exact) mass is 511 g/mol. The molecule has 0 spiro atoms. The number of esters is 2. The second-order valence-corrected chi connectivity index (χ2v) is 9.00. The van der Waals surface area contributed by atoms with Crippen LogP contribution in [0.4, 0.5) is 0 Å². The molecule has 34 heavy (non-hydrogen) atoms. The Labute approximate surface area is 200 Å². The molecule has 0 saturated carbocycles. The van der Waals surface area contributed by atoms with E-state index in [1.54, 1.807) is 0 Å². The second-order valence-electron chi connectivity index (χ2n) is 7.55. The van der Waals surface area contributed by atoms with Crippen LogP contribution in [-0.2, 0) is 42.3 Å². The number of carbonyl (C=O) groups excluding carboxylic acids is 3. The lowest BCUT2D eigenvalue weighted by Gasteiger charge is -2.20. The summed E-state index contributed by atoms with van der Waals surface area (Å²) in [6.45, 7) is 2.60. The van der Waals surface area contributed by atoms with Gasteiger partial charge in [-0.3, -0.25) is 28.2 Å². The number of hydrogen-bond acceptors (Lipinski definition) is 9. The minimum absolute atomic E-state index is 0.141. The van der Waals surface area contributed by atoms with Crippen LogP contribution in [0.1, 0.15) is 78.1 Å². The normalized spacial score (nSPS) is 13.5. The molecule has 3 N–H and O–H groups in total. The van der Waals surface area contributed by atoms with E-state index >= 15 is 0 Å². The van der Waals surface area contributed by atoms with Crippen molar-refractivity contribution in [3.63, 3.8) is 0 Å². The molecule has 0 aromatic carbocycles. The van der Waals surface area contributed by atoms with E-state index in [-0.39, 0.29) is 45.4 Å². The van der Waals surface area contributed by atoms with Crippen LogP contribution >= 0.6 is 7.82 Å². The van der Waals surface area contributed by atoms with Gasteiger partial charge in [0.1, 0.15) is 6.61 Å². The van der Waals surface area contributed by atoms with Crippen LogP contribution in [0.5, 0.6) is 0 Å². The highest BCUT2D eigenvalue weighted by Gasteiger charge is 2.26. The zero-order valence-corrected chi connectivity index (χ0v) is 20.9. The molecule has 0 saturated heterocycles. The summed E-state index contributed by atoms with van der Waals surface area (Å²) in [5, 5.41) is 10.9. The van der Waals surface area contributed by atoms with Gasteiger partial charge < -0.3 is 24.8 Å². The second kappa shape index (κ2) is 19.3. The zero-order valence-electron chi connectivity index (χ0n) is 20.0. The molecule has 13 heteroatoms. The van der Waals surface area contributed by atoms with Gasteiger partial charge in [0.2, 0.25) is 5.91 Å². The van der Waals surface area contributed by atoms with Gasteiger partial charge in [-0.2, -0.15) is 0 Å². The molecule has 0 aliphatic rings. The van der Waals surface area contributed by atoms with E-state index in [4.69, 9.17) is 23.6 Å². The van der Waals surface area contributed by atoms with Crippen molar-refractivity contribution in [1.29, 1.82) is 0 Å². The molecule has 0 fully saturated rings. The Balaban J connectivity index is 4.56. The van der Waals surface area contributed by atoms with Crippen molar-refractivity contribution < 1.29 is 52.3 Å². The van der Waals surface area contributed by atoms with Crippen molar-refractivity contribution in [1.82, 2.24) is 5.32 Å². The predicted octanol–water partition coefficient (Wildman–Crippen LogP) is 2.72. The summed E-state index contributed by atoms with van der Waals surface area (Å²) in [4.78, 5) is 55.5. The topological polar surface area (TPSA) is 175 Å². The number of phosphoric acid groups is 1. The van der Waals surface area contributed by atoms with Crippen molar-refractivity contribution in [3.8, 4) is 0 Å². The van der Waals surface area contributed by atoms with E-state index in [1.807, 2.05) is 13.8 Å². The number of carboxylic acids is 1. The van der Waals surface area contributed by atoms with Gasteiger partial charge in [0.05, 0.1) is 19.6 Å². The van der Waals surface area contributed by atoms with E-state index < -0.39 is 44.3 Å². The van der Waals surface area contributed by atoms with Crippen LogP contribution < -0.4 is 5.32 Å². The third-order valence-corrected chi connectivity index (χ3v) is 5.35. The maximum absolute atomic E-state index is 12.1. The quantitative estimate of drug-likeness (QED) is 0.117. The Morgan fingerprint density at radius 1 is 0.853 bits per heavy atom. The minimum Gasteiger partial charge on any atom is -0.481 e. The molecule has 198 valence electrons. The molecule has 0 aliphatic heterocycles. The predicted molar refractivity (Wildman–Crippen MR) is 121 cm³/mol. The first kappa shape index (κ1) is 32.0. The fraction of sp³-hybridized carbons (Fsp3) is 0.810. The van der Waals surface area contributed by atoms with Crippen LogP contribution in [0.25, 0.3) is 0 Å². The molecule has 0 aromatic rings. The smallest absolute Gasteiger partial charge is 0.472 e. The number of carbonyl (C=O) groups is 4. The van der Waals surface area contributed by atoms with E-state index in [1.165, 1.54) is 0 Å². The summed E-state index contributed by atoms with van der Waals surface area (Å²) in [7, 11) is -4.55. The van der Waals surface area contributed by atoms with Gasteiger partial charge in [-0.1, -0.05) is 39.5 Å². The lowest BCUT2D eigenvalue weighted by atomic mass is 10.2. The molecule has 12 nitrogen and oxygen atoms in total. The molecular weight excluding hydrogens is 473 g/mol. The zero-order chi connectivity index (χ0) is 25.8. The van der Waals surface area contributed by atoms with Gasteiger partial charge in [0, 0.05) is 25.8 Å². The largest absolute Gasteiger partial charge is 0.481 e. The van der Waals surface area contributed by atoms with E-state index in [0.717, 1.165) is 25.7 Å². The maximum Gasteiger partial charge on any atom is 0.472 e. The number of carboxylic acid groups (broad SMARTS) is 1. The van der Waals surface area contributed by atoms with Crippen LogP contribution in [0.2, 0.25) is 0 Å². The number of hydrogen-bond donors (Lipinski definition) is 3. The van der Waals surface area contributed by atoms with Gasteiger partial charge in [0.25, 0.3) is 0 Å². The lowest BCUT2D eigenvalue weighted by molar-refractivity contribution is -0.161. The van der Waals surface area contributed by atoms with Crippen LogP contribution in [-0.4, -0.2) is 66.3 Å². The van der Waals surface area contributed by atoms with Crippen molar-refractivity contribution in [2.75, 3.05) is 26.4 Å². The summed E-state index contributed by atoms with van der Waals surface area (Å²) < 4.78 is 32.0. The average Bonchev–Trinajstić information content (AvgIpc) is 2.77. The summed E-state index contributed by atoms with van der Waals surface area (Å²) in [5.74, 6) is -2.67. The summed E-state index contributed by atoms with van der Waals surface area (Å²) in [6.07, 6.45) is 3.57. The molecular formula is C21H38NO11P. The molecule has 2 atom stereocenters. The number of rotatable bonds is 21. The van der Waals surface area contributed by atoms with Crippen molar-refractivity contribution >= 4 is 31.6 Å².